The van der Waals surface area contributed by atoms with E-state index in [4.69, 9.17) is 5.84 Å². The highest BCUT2D eigenvalue weighted by molar-refractivity contribution is 7.92. The van der Waals surface area contributed by atoms with Crippen molar-refractivity contribution in [2.75, 3.05) is 10.1 Å². The number of anilines is 2. The van der Waals surface area contributed by atoms with Crippen molar-refractivity contribution in [3.8, 4) is 0 Å². The Bertz CT molecular complexity index is 764. The van der Waals surface area contributed by atoms with E-state index in [0.29, 0.717) is 0 Å². The number of rotatable bonds is 5. The van der Waals surface area contributed by atoms with Crippen molar-refractivity contribution < 1.29 is 13.3 Å². The molecule has 0 aliphatic rings. The van der Waals surface area contributed by atoms with Gasteiger partial charge in [-0.3, -0.25) is 20.7 Å². The third-order valence-electron chi connectivity index (χ3n) is 2.44. The lowest BCUT2D eigenvalue weighted by Crippen LogP contribution is -2.17. The average Bonchev–Trinajstić information content (AvgIpc) is 2.46. The monoisotopic (exact) mass is 310 g/mol. The summed E-state index contributed by atoms with van der Waals surface area (Å²) in [5.41, 5.74) is 1.41. The molecule has 10 nitrogen and oxygen atoms in total. The molecule has 1 aromatic heterocycles. The molecule has 11 heteroatoms. The van der Waals surface area contributed by atoms with Crippen LogP contribution in [0, 0.1) is 10.1 Å². The zero-order valence-electron chi connectivity index (χ0n) is 10.4. The molecule has 0 unspecified atom stereocenters. The molecule has 0 aliphatic carbocycles. The SMILES string of the molecule is NNc1cccc(S(=O)(=O)Nc2cncnc2)c1[N+](=O)[O-]. The Kier molecular flexibility index (Phi) is 3.95. The molecule has 0 amide bonds. The van der Waals surface area contributed by atoms with Gasteiger partial charge in [-0.25, -0.2) is 18.4 Å². The van der Waals surface area contributed by atoms with Gasteiger partial charge in [-0.05, 0) is 12.1 Å². The molecule has 0 atom stereocenters. The first-order valence-corrected chi connectivity index (χ1v) is 6.96. The summed E-state index contributed by atoms with van der Waals surface area (Å²) >= 11 is 0. The van der Waals surface area contributed by atoms with Crippen LogP contribution < -0.4 is 16.0 Å². The first-order valence-electron chi connectivity index (χ1n) is 5.47. The van der Waals surface area contributed by atoms with Crippen LogP contribution in [0.15, 0.2) is 41.8 Å². The molecule has 2 rings (SSSR count). The first-order chi connectivity index (χ1) is 9.95. The van der Waals surface area contributed by atoms with Gasteiger partial charge < -0.3 is 5.43 Å². The van der Waals surface area contributed by atoms with Gasteiger partial charge in [-0.2, -0.15) is 0 Å². The number of benzene rings is 1. The van der Waals surface area contributed by atoms with E-state index in [-0.39, 0.29) is 11.4 Å². The van der Waals surface area contributed by atoms with E-state index in [1.807, 2.05) is 0 Å². The zero-order valence-corrected chi connectivity index (χ0v) is 11.2. The molecule has 0 aliphatic heterocycles. The summed E-state index contributed by atoms with van der Waals surface area (Å²) in [5, 5.41) is 11.1. The number of para-hydroxylation sites is 1. The number of hydrazine groups is 1. The second-order valence-electron chi connectivity index (χ2n) is 3.79. The van der Waals surface area contributed by atoms with Crippen LogP contribution >= 0.6 is 0 Å². The van der Waals surface area contributed by atoms with E-state index < -0.39 is 25.5 Å². The molecule has 0 bridgehead atoms. The maximum atomic E-state index is 12.3. The van der Waals surface area contributed by atoms with E-state index >= 15 is 0 Å². The summed E-state index contributed by atoms with van der Waals surface area (Å²) in [7, 11) is -4.19. The Balaban J connectivity index is 2.52. The van der Waals surface area contributed by atoms with Crippen molar-refractivity contribution in [2.45, 2.75) is 4.90 Å². The predicted molar refractivity (Wildman–Crippen MR) is 73.7 cm³/mol. The molecule has 1 heterocycles. The Morgan fingerprint density at radius 2 is 1.90 bits per heavy atom. The number of hydrogen-bond donors (Lipinski definition) is 3. The molecule has 0 spiro atoms. The zero-order chi connectivity index (χ0) is 15.5. The molecular weight excluding hydrogens is 300 g/mol. The minimum Gasteiger partial charge on any atom is -0.318 e. The van der Waals surface area contributed by atoms with Crippen LogP contribution in [0.2, 0.25) is 0 Å². The third kappa shape index (κ3) is 3.04. The molecule has 0 saturated carbocycles. The van der Waals surface area contributed by atoms with Crippen molar-refractivity contribution >= 4 is 27.1 Å². The normalized spacial score (nSPS) is 10.9. The van der Waals surface area contributed by atoms with Crippen LogP contribution in [0.1, 0.15) is 0 Å². The predicted octanol–water partition coefficient (Wildman–Crippen LogP) is 0.471. The Morgan fingerprint density at radius 1 is 1.24 bits per heavy atom. The van der Waals surface area contributed by atoms with Crippen LogP contribution in [-0.4, -0.2) is 23.3 Å². The second-order valence-corrected chi connectivity index (χ2v) is 5.44. The molecule has 0 radical (unpaired) electrons. The number of aromatic nitrogens is 2. The number of nitrogens with one attached hydrogen (secondary N) is 2. The molecular formula is C10H10N6O4S. The summed E-state index contributed by atoms with van der Waals surface area (Å²) in [4.78, 5) is 17.0. The summed E-state index contributed by atoms with van der Waals surface area (Å²) < 4.78 is 26.7. The van der Waals surface area contributed by atoms with Crippen molar-refractivity contribution in [3.63, 3.8) is 0 Å². The van der Waals surface area contributed by atoms with Crippen molar-refractivity contribution in [1.29, 1.82) is 0 Å². The smallest absolute Gasteiger partial charge is 0.314 e. The van der Waals surface area contributed by atoms with E-state index in [1.54, 1.807) is 0 Å². The minimum absolute atomic E-state index is 0.0814. The van der Waals surface area contributed by atoms with E-state index in [9.17, 15) is 18.5 Å². The molecule has 110 valence electrons. The summed E-state index contributed by atoms with van der Waals surface area (Å²) in [6.45, 7) is 0. The van der Waals surface area contributed by atoms with Gasteiger partial charge in [0, 0.05) is 0 Å². The minimum atomic E-state index is -4.19. The molecule has 1 aromatic carbocycles. The maximum absolute atomic E-state index is 12.3. The van der Waals surface area contributed by atoms with Crippen molar-refractivity contribution in [3.05, 3.63) is 47.0 Å². The van der Waals surface area contributed by atoms with E-state index in [0.717, 1.165) is 6.07 Å². The number of nitrogen functional groups attached to an aromatic ring is 1. The summed E-state index contributed by atoms with van der Waals surface area (Å²) in [5.74, 6) is 5.16. The topological polar surface area (TPSA) is 153 Å². The quantitative estimate of drug-likeness (QED) is 0.409. The number of nitrogens with two attached hydrogens (primary N) is 1. The number of sulfonamides is 1. The highest BCUT2D eigenvalue weighted by atomic mass is 32.2. The largest absolute Gasteiger partial charge is 0.318 e. The fraction of sp³-hybridized carbons (Fsp3) is 0. The fourth-order valence-electron chi connectivity index (χ4n) is 1.61. The lowest BCUT2D eigenvalue weighted by Gasteiger charge is -2.09. The second kappa shape index (κ2) is 5.68. The van der Waals surface area contributed by atoms with Gasteiger partial charge in [0.2, 0.25) is 0 Å². The number of nitrogens with zero attached hydrogens (tertiary/aromatic N) is 3. The number of hydrogen-bond acceptors (Lipinski definition) is 8. The Morgan fingerprint density at radius 3 is 2.48 bits per heavy atom. The lowest BCUT2D eigenvalue weighted by molar-refractivity contribution is -0.386. The van der Waals surface area contributed by atoms with E-state index in [2.05, 4.69) is 20.1 Å². The highest BCUT2D eigenvalue weighted by Crippen LogP contribution is 2.32. The van der Waals surface area contributed by atoms with Crippen LogP contribution in [0.5, 0.6) is 0 Å². The molecule has 0 fully saturated rings. The van der Waals surface area contributed by atoms with Gasteiger partial charge in [0.05, 0.1) is 23.0 Å². The van der Waals surface area contributed by atoms with Crippen LogP contribution in [0.25, 0.3) is 0 Å². The van der Waals surface area contributed by atoms with E-state index in [1.165, 1.54) is 30.9 Å². The van der Waals surface area contributed by atoms with Gasteiger partial charge in [0.25, 0.3) is 10.0 Å². The standard InChI is InChI=1S/C10H10N6O4S/c11-14-8-2-1-3-9(10(8)16(17)18)21(19,20)15-7-4-12-6-13-5-7/h1-6,14-15H,11H2. The van der Waals surface area contributed by atoms with Crippen LogP contribution in [0.4, 0.5) is 17.1 Å². The summed E-state index contributed by atoms with van der Waals surface area (Å²) in [6.07, 6.45) is 3.67. The van der Waals surface area contributed by atoms with Gasteiger partial charge in [0.15, 0.2) is 4.90 Å². The fourth-order valence-corrected chi connectivity index (χ4v) is 2.83. The van der Waals surface area contributed by atoms with Crippen molar-refractivity contribution in [1.82, 2.24) is 9.97 Å². The maximum Gasteiger partial charge on any atom is 0.314 e. The molecule has 2 aromatic rings. The van der Waals surface area contributed by atoms with Crippen LogP contribution in [0.3, 0.4) is 0 Å². The van der Waals surface area contributed by atoms with Crippen LogP contribution in [-0.2, 0) is 10.0 Å². The highest BCUT2D eigenvalue weighted by Gasteiger charge is 2.29. The van der Waals surface area contributed by atoms with Gasteiger partial charge in [0.1, 0.15) is 12.0 Å². The Labute approximate surface area is 119 Å². The number of nitro groups is 1. The van der Waals surface area contributed by atoms with Gasteiger partial charge in [-0.1, -0.05) is 6.07 Å². The molecule has 0 saturated heterocycles. The van der Waals surface area contributed by atoms with Gasteiger partial charge in [-0.15, -0.1) is 0 Å². The average molecular weight is 310 g/mol. The number of nitro benzene ring substituents is 1. The third-order valence-corrected chi connectivity index (χ3v) is 3.85. The molecule has 21 heavy (non-hydrogen) atoms. The molecule has 4 N–H and O–H groups in total. The summed E-state index contributed by atoms with van der Waals surface area (Å²) in [6, 6.07) is 3.73. The lowest BCUT2D eigenvalue weighted by atomic mass is 10.3. The van der Waals surface area contributed by atoms with Gasteiger partial charge >= 0.3 is 5.69 Å². The first kappa shape index (κ1) is 14.6. The van der Waals surface area contributed by atoms with Crippen molar-refractivity contribution in [2.24, 2.45) is 5.84 Å². The Hall–Kier alpha value is -2.79.